The number of ether oxygens (including phenoxy) is 1. The number of esters is 1. The number of hydrogen-bond donors (Lipinski definition) is 1. The molecule has 8 nitrogen and oxygen atoms in total. The average Bonchev–Trinajstić information content (AvgIpc) is 3.48. The van der Waals surface area contributed by atoms with Gasteiger partial charge >= 0.3 is 18.6 Å². The SMILES string of the molecule is O=C1c2cc(-c3nnc(C(F)F)o3)ccc2C(OC(=O)C(F)(F)F)N1C1CCCNC1c1ccc(F)cc1. The molecule has 3 atom stereocenters. The molecule has 38 heavy (non-hydrogen) atoms. The van der Waals surface area contributed by atoms with Gasteiger partial charge in [0.25, 0.3) is 11.8 Å². The molecule has 1 N–H and O–H groups in total. The second-order valence-corrected chi connectivity index (χ2v) is 8.71. The quantitative estimate of drug-likeness (QED) is 0.365. The van der Waals surface area contributed by atoms with Crippen molar-refractivity contribution in [1.82, 2.24) is 20.4 Å². The number of fused-ring (bicyclic) bond motifs is 1. The highest BCUT2D eigenvalue weighted by Crippen LogP contribution is 2.43. The van der Waals surface area contributed by atoms with Crippen LogP contribution in [0.2, 0.25) is 0 Å². The van der Waals surface area contributed by atoms with Gasteiger partial charge in [0.15, 0.2) is 0 Å². The fourth-order valence-corrected chi connectivity index (χ4v) is 4.72. The van der Waals surface area contributed by atoms with Crippen LogP contribution in [-0.4, -0.2) is 45.7 Å². The lowest BCUT2D eigenvalue weighted by molar-refractivity contribution is -0.212. The van der Waals surface area contributed by atoms with E-state index in [4.69, 9.17) is 9.15 Å². The number of alkyl halides is 5. The molecule has 5 rings (SSSR count). The largest absolute Gasteiger partial charge is 0.491 e. The van der Waals surface area contributed by atoms with Gasteiger partial charge in [0.1, 0.15) is 5.82 Å². The van der Waals surface area contributed by atoms with Crippen LogP contribution in [0.5, 0.6) is 0 Å². The van der Waals surface area contributed by atoms with E-state index in [1.54, 1.807) is 0 Å². The monoisotopic (exact) mass is 540 g/mol. The number of amides is 1. The molecule has 1 fully saturated rings. The summed E-state index contributed by atoms with van der Waals surface area (Å²) in [5.74, 6) is -5.01. The summed E-state index contributed by atoms with van der Waals surface area (Å²) in [6, 6.07) is 7.75. The second-order valence-electron chi connectivity index (χ2n) is 8.71. The Kier molecular flexibility index (Phi) is 6.59. The van der Waals surface area contributed by atoms with Gasteiger partial charge in [-0.05, 0) is 49.2 Å². The van der Waals surface area contributed by atoms with Crippen molar-refractivity contribution in [3.8, 4) is 11.5 Å². The molecule has 0 radical (unpaired) electrons. The van der Waals surface area contributed by atoms with Crippen LogP contribution in [0.1, 0.15) is 58.9 Å². The topological polar surface area (TPSA) is 97.6 Å². The molecule has 1 saturated heterocycles. The molecule has 3 unspecified atom stereocenters. The lowest BCUT2D eigenvalue weighted by atomic mass is 9.91. The first kappa shape index (κ1) is 25.7. The summed E-state index contributed by atoms with van der Waals surface area (Å²) >= 11 is 0. The second kappa shape index (κ2) is 9.74. The van der Waals surface area contributed by atoms with Crippen LogP contribution in [0, 0.1) is 5.82 Å². The Balaban J connectivity index is 1.56. The Morgan fingerprint density at radius 3 is 2.53 bits per heavy atom. The van der Waals surface area contributed by atoms with Crippen molar-refractivity contribution in [2.45, 2.75) is 43.8 Å². The minimum absolute atomic E-state index is 0.0339. The maximum Gasteiger partial charge on any atom is 0.491 e. The number of piperidine rings is 1. The van der Waals surface area contributed by atoms with Crippen LogP contribution in [0.15, 0.2) is 46.9 Å². The number of carbonyl (C=O) groups is 2. The Bertz CT molecular complexity index is 1360. The van der Waals surface area contributed by atoms with Crippen LogP contribution in [0.4, 0.5) is 26.3 Å². The summed E-state index contributed by atoms with van der Waals surface area (Å²) in [7, 11) is 0. The summed E-state index contributed by atoms with van der Waals surface area (Å²) in [6.07, 6.45) is -9.20. The highest BCUT2D eigenvalue weighted by atomic mass is 19.4. The van der Waals surface area contributed by atoms with Gasteiger partial charge in [-0.3, -0.25) is 9.69 Å². The van der Waals surface area contributed by atoms with Gasteiger partial charge in [-0.2, -0.15) is 22.0 Å². The first-order valence-electron chi connectivity index (χ1n) is 11.4. The summed E-state index contributed by atoms with van der Waals surface area (Å²) in [6.45, 7) is 0.522. The summed E-state index contributed by atoms with van der Waals surface area (Å²) in [4.78, 5) is 26.6. The molecule has 0 saturated carbocycles. The van der Waals surface area contributed by atoms with Crippen molar-refractivity contribution in [2.24, 2.45) is 0 Å². The van der Waals surface area contributed by atoms with Crippen molar-refractivity contribution < 1.29 is 45.1 Å². The van der Waals surface area contributed by atoms with Crippen LogP contribution < -0.4 is 5.32 Å². The number of aromatic nitrogens is 2. The molecule has 0 bridgehead atoms. The number of rotatable bonds is 5. The molecule has 0 aliphatic carbocycles. The van der Waals surface area contributed by atoms with E-state index in [0.717, 1.165) is 4.90 Å². The summed E-state index contributed by atoms with van der Waals surface area (Å²) in [5, 5.41) is 9.96. The lowest BCUT2D eigenvalue weighted by Gasteiger charge is -2.41. The zero-order chi connectivity index (χ0) is 27.2. The number of nitrogens with zero attached hydrogens (tertiary/aromatic N) is 3. The van der Waals surface area contributed by atoms with E-state index in [2.05, 4.69) is 15.5 Å². The molecular weight excluding hydrogens is 522 g/mol. The highest BCUT2D eigenvalue weighted by Gasteiger charge is 2.50. The zero-order valence-corrected chi connectivity index (χ0v) is 19.2. The number of benzene rings is 2. The molecule has 0 spiro atoms. The average molecular weight is 540 g/mol. The van der Waals surface area contributed by atoms with Gasteiger partial charge in [0.2, 0.25) is 12.1 Å². The van der Waals surface area contributed by atoms with Crippen LogP contribution >= 0.6 is 0 Å². The molecule has 1 aromatic heterocycles. The summed E-state index contributed by atoms with van der Waals surface area (Å²) in [5.41, 5.74) is 0.485. The van der Waals surface area contributed by atoms with Crippen LogP contribution in [-0.2, 0) is 9.53 Å². The van der Waals surface area contributed by atoms with E-state index < -0.39 is 54.5 Å². The predicted molar refractivity (Wildman–Crippen MR) is 116 cm³/mol. The minimum Gasteiger partial charge on any atom is -0.430 e. The van der Waals surface area contributed by atoms with E-state index in [0.29, 0.717) is 24.9 Å². The molecule has 3 heterocycles. The fraction of sp³-hybridized carbons (Fsp3) is 0.333. The van der Waals surface area contributed by atoms with Gasteiger partial charge < -0.3 is 14.5 Å². The van der Waals surface area contributed by atoms with Gasteiger partial charge in [-0.15, -0.1) is 10.2 Å². The standard InChI is InChI=1S/C24H18F6N4O4/c25-13-6-3-11(4-7-13)17-16(2-1-9-31-17)34-21(35)15-10-12(19-32-33-20(37-19)18(26)27)5-8-14(15)22(34)38-23(36)24(28,29)30/h3-8,10,16-18,22,31H,1-2,9H2. The van der Waals surface area contributed by atoms with Crippen molar-refractivity contribution in [1.29, 1.82) is 0 Å². The lowest BCUT2D eigenvalue weighted by Crippen LogP contribution is -2.50. The maximum atomic E-state index is 13.6. The van der Waals surface area contributed by atoms with Crippen molar-refractivity contribution in [3.63, 3.8) is 0 Å². The smallest absolute Gasteiger partial charge is 0.430 e. The number of halogens is 6. The normalized spacial score (nSPS) is 21.6. The van der Waals surface area contributed by atoms with Crippen molar-refractivity contribution in [2.75, 3.05) is 6.54 Å². The van der Waals surface area contributed by atoms with Gasteiger partial charge in [-0.1, -0.05) is 18.2 Å². The van der Waals surface area contributed by atoms with Gasteiger partial charge in [0, 0.05) is 16.7 Å². The third-order valence-electron chi connectivity index (χ3n) is 6.37. The first-order chi connectivity index (χ1) is 18.0. The van der Waals surface area contributed by atoms with Crippen LogP contribution in [0.3, 0.4) is 0 Å². The Morgan fingerprint density at radius 2 is 1.87 bits per heavy atom. The molecule has 2 aromatic carbocycles. The van der Waals surface area contributed by atoms with E-state index in [-0.39, 0.29) is 22.6 Å². The third-order valence-corrected chi connectivity index (χ3v) is 6.37. The predicted octanol–water partition coefficient (Wildman–Crippen LogP) is 4.87. The third kappa shape index (κ3) is 4.71. The van der Waals surface area contributed by atoms with Crippen molar-refractivity contribution in [3.05, 3.63) is 70.9 Å². The molecule has 14 heteroatoms. The molecule has 3 aromatic rings. The Morgan fingerprint density at radius 1 is 1.13 bits per heavy atom. The van der Waals surface area contributed by atoms with Crippen LogP contribution in [0.25, 0.3) is 11.5 Å². The summed E-state index contributed by atoms with van der Waals surface area (Å²) < 4.78 is 88.5. The number of carbonyl (C=O) groups excluding carboxylic acids is 2. The Hall–Kier alpha value is -3.94. The number of hydrogen-bond acceptors (Lipinski definition) is 7. The highest BCUT2D eigenvalue weighted by molar-refractivity contribution is 6.00. The first-order valence-corrected chi connectivity index (χ1v) is 11.4. The molecule has 200 valence electrons. The van der Waals surface area contributed by atoms with E-state index in [1.807, 2.05) is 0 Å². The molecular formula is C24H18F6N4O4. The van der Waals surface area contributed by atoms with E-state index in [1.165, 1.54) is 42.5 Å². The Labute approximate surface area is 210 Å². The van der Waals surface area contributed by atoms with Gasteiger partial charge in [-0.25, -0.2) is 9.18 Å². The molecule has 1 amide bonds. The fourth-order valence-electron chi connectivity index (χ4n) is 4.72. The van der Waals surface area contributed by atoms with Gasteiger partial charge in [0.05, 0.1) is 12.1 Å². The maximum absolute atomic E-state index is 13.6. The van der Waals surface area contributed by atoms with E-state index in [9.17, 15) is 35.9 Å². The minimum atomic E-state index is -5.33. The zero-order valence-electron chi connectivity index (χ0n) is 19.2. The van der Waals surface area contributed by atoms with E-state index >= 15 is 0 Å². The van der Waals surface area contributed by atoms with Crippen molar-refractivity contribution >= 4 is 11.9 Å². The number of nitrogens with one attached hydrogen (secondary N) is 1. The molecule has 2 aliphatic heterocycles. The molecule has 2 aliphatic rings.